The number of carbonyl (C=O) groups is 2. The minimum absolute atomic E-state index is 0.185. The molecular formula is C42H79O10P. The van der Waals surface area contributed by atoms with Crippen LogP contribution in [0.3, 0.4) is 0 Å². The minimum atomic E-state index is -4.61. The van der Waals surface area contributed by atoms with Gasteiger partial charge < -0.3 is 24.6 Å². The molecule has 0 heterocycles. The fourth-order valence-corrected chi connectivity index (χ4v) is 6.56. The molecule has 0 rings (SSSR count). The maximum atomic E-state index is 12.6. The molecule has 0 aliphatic carbocycles. The van der Waals surface area contributed by atoms with Crippen LogP contribution in [0.5, 0.6) is 0 Å². The number of unbranched alkanes of at least 4 members (excludes halogenated alkanes) is 22. The van der Waals surface area contributed by atoms with Crippen LogP contribution in [0.1, 0.15) is 194 Å². The third-order valence-electron chi connectivity index (χ3n) is 9.11. The lowest BCUT2D eigenvalue weighted by molar-refractivity contribution is -0.161. The molecule has 3 atom stereocenters. The number of phosphoric ester groups is 1. The number of phosphoric acid groups is 1. The van der Waals surface area contributed by atoms with Gasteiger partial charge in [-0.25, -0.2) is 4.57 Å². The first-order chi connectivity index (χ1) is 25.7. The average molecular weight is 775 g/mol. The Morgan fingerprint density at radius 1 is 0.566 bits per heavy atom. The zero-order chi connectivity index (χ0) is 39.1. The van der Waals surface area contributed by atoms with Crippen LogP contribution < -0.4 is 0 Å². The molecule has 0 aromatic heterocycles. The Balaban J connectivity index is 4.30. The molecule has 0 aliphatic rings. The molecular weight excluding hydrogens is 695 g/mol. The number of allylic oxidation sites excluding steroid dienone is 4. The molecule has 3 N–H and O–H groups in total. The molecule has 10 nitrogen and oxygen atoms in total. The molecule has 0 radical (unpaired) electrons. The normalized spacial score (nSPS) is 14.1. The van der Waals surface area contributed by atoms with Crippen LogP contribution in [-0.2, 0) is 32.7 Å². The summed E-state index contributed by atoms with van der Waals surface area (Å²) in [5, 5.41) is 18.3. The molecule has 0 spiro atoms. The van der Waals surface area contributed by atoms with Crippen molar-refractivity contribution in [2.45, 2.75) is 206 Å². The van der Waals surface area contributed by atoms with Crippen LogP contribution in [0.25, 0.3) is 0 Å². The molecule has 0 bridgehead atoms. The number of carbonyl (C=O) groups excluding carboxylic acids is 2. The van der Waals surface area contributed by atoms with Crippen molar-refractivity contribution in [1.29, 1.82) is 0 Å². The van der Waals surface area contributed by atoms with Gasteiger partial charge in [0, 0.05) is 12.8 Å². The van der Waals surface area contributed by atoms with Gasteiger partial charge in [-0.15, -0.1) is 0 Å². The second-order valence-electron chi connectivity index (χ2n) is 14.4. The summed E-state index contributed by atoms with van der Waals surface area (Å²) < 4.78 is 32.7. The quantitative estimate of drug-likeness (QED) is 0.0238. The lowest BCUT2D eigenvalue weighted by Crippen LogP contribution is -2.29. The van der Waals surface area contributed by atoms with Crippen molar-refractivity contribution in [2.24, 2.45) is 0 Å². The van der Waals surface area contributed by atoms with Gasteiger partial charge >= 0.3 is 19.8 Å². The highest BCUT2D eigenvalue weighted by molar-refractivity contribution is 7.47. The molecule has 0 fully saturated rings. The highest BCUT2D eigenvalue weighted by atomic mass is 31.2. The maximum absolute atomic E-state index is 12.6. The van der Waals surface area contributed by atoms with Gasteiger partial charge in [-0.3, -0.25) is 18.6 Å². The number of rotatable bonds is 40. The molecule has 1 unspecified atom stereocenters. The number of ether oxygens (including phenoxy) is 2. The summed E-state index contributed by atoms with van der Waals surface area (Å²) in [4.78, 5) is 34.9. The summed E-state index contributed by atoms with van der Waals surface area (Å²) in [6.07, 6.45) is 37.1. The Kier molecular flexibility index (Phi) is 37.6. The van der Waals surface area contributed by atoms with Crippen molar-refractivity contribution in [3.8, 4) is 0 Å². The average Bonchev–Trinajstić information content (AvgIpc) is 3.14. The van der Waals surface area contributed by atoms with E-state index in [9.17, 15) is 24.2 Å². The standard InChI is InChI=1S/C42H79O10P/c1-3-5-7-9-11-13-15-17-19-20-22-24-26-28-30-32-34-42(46)52-40(38-51-53(47,48)50-36-39(44)35-43)37-49-41(45)33-31-29-27-25-23-21-18-16-14-12-10-8-6-4-2/h10,12,16,18,39-40,43-44H,3-9,11,13-15,17,19-38H2,1-2H3,(H,47,48)/b12-10-,18-16-/t39-,40+/m0/s1. The van der Waals surface area contributed by atoms with E-state index < -0.39 is 51.8 Å². The van der Waals surface area contributed by atoms with E-state index in [0.29, 0.717) is 12.8 Å². The summed E-state index contributed by atoms with van der Waals surface area (Å²) in [5.41, 5.74) is 0. The minimum Gasteiger partial charge on any atom is -0.462 e. The van der Waals surface area contributed by atoms with E-state index in [1.807, 2.05) is 0 Å². The summed E-state index contributed by atoms with van der Waals surface area (Å²) in [6, 6.07) is 0. The summed E-state index contributed by atoms with van der Waals surface area (Å²) in [7, 11) is -4.61. The van der Waals surface area contributed by atoms with Gasteiger partial charge in [-0.2, -0.15) is 0 Å². The zero-order valence-corrected chi connectivity index (χ0v) is 34.6. The van der Waals surface area contributed by atoms with Gasteiger partial charge in [0.1, 0.15) is 12.7 Å². The second-order valence-corrected chi connectivity index (χ2v) is 15.8. The number of hydrogen-bond acceptors (Lipinski definition) is 9. The van der Waals surface area contributed by atoms with Gasteiger partial charge in [0.25, 0.3) is 0 Å². The first-order valence-corrected chi connectivity index (χ1v) is 22.8. The van der Waals surface area contributed by atoms with E-state index in [4.69, 9.17) is 19.1 Å². The Morgan fingerprint density at radius 2 is 1.00 bits per heavy atom. The molecule has 0 saturated carbocycles. The molecule has 0 aromatic rings. The molecule has 0 saturated heterocycles. The van der Waals surface area contributed by atoms with Crippen molar-refractivity contribution in [1.82, 2.24) is 0 Å². The third-order valence-corrected chi connectivity index (χ3v) is 10.1. The fraction of sp³-hybridized carbons (Fsp3) is 0.857. The van der Waals surface area contributed by atoms with Crippen LogP contribution in [0.15, 0.2) is 24.3 Å². The van der Waals surface area contributed by atoms with Crippen LogP contribution >= 0.6 is 7.82 Å². The van der Waals surface area contributed by atoms with Crippen LogP contribution in [0.2, 0.25) is 0 Å². The Labute approximate surface area is 323 Å². The topological polar surface area (TPSA) is 149 Å². The molecule has 0 aromatic carbocycles. The molecule has 53 heavy (non-hydrogen) atoms. The second kappa shape index (κ2) is 38.7. The summed E-state index contributed by atoms with van der Waals surface area (Å²) >= 11 is 0. The SMILES string of the molecule is CCCC/C=C\C/C=C\CCCCCCCC(=O)OC[C@H](COP(=O)(O)OC[C@@H](O)CO)OC(=O)CCCCCCCCCCCCCCCCCC. The van der Waals surface area contributed by atoms with E-state index >= 15 is 0 Å². The molecule has 312 valence electrons. The molecule has 0 amide bonds. The van der Waals surface area contributed by atoms with Crippen molar-refractivity contribution in [2.75, 3.05) is 26.4 Å². The molecule has 11 heteroatoms. The number of esters is 2. The van der Waals surface area contributed by atoms with E-state index in [1.54, 1.807) is 0 Å². The third kappa shape index (κ3) is 38.5. The van der Waals surface area contributed by atoms with Gasteiger partial charge in [0.2, 0.25) is 0 Å². The van der Waals surface area contributed by atoms with E-state index in [1.165, 1.54) is 89.9 Å². The Bertz CT molecular complexity index is 941. The van der Waals surface area contributed by atoms with E-state index in [-0.39, 0.29) is 19.4 Å². The maximum Gasteiger partial charge on any atom is 0.472 e. The van der Waals surface area contributed by atoms with Crippen LogP contribution in [0, 0.1) is 0 Å². The lowest BCUT2D eigenvalue weighted by Gasteiger charge is -2.20. The van der Waals surface area contributed by atoms with Crippen molar-refractivity contribution >= 4 is 19.8 Å². The Morgan fingerprint density at radius 3 is 1.51 bits per heavy atom. The first kappa shape index (κ1) is 51.5. The summed E-state index contributed by atoms with van der Waals surface area (Å²) in [5.74, 6) is -0.934. The van der Waals surface area contributed by atoms with Crippen LogP contribution in [0.4, 0.5) is 0 Å². The monoisotopic (exact) mass is 775 g/mol. The number of aliphatic hydroxyl groups is 2. The lowest BCUT2D eigenvalue weighted by atomic mass is 10.0. The number of aliphatic hydroxyl groups excluding tert-OH is 2. The van der Waals surface area contributed by atoms with Crippen molar-refractivity contribution < 1.29 is 47.8 Å². The van der Waals surface area contributed by atoms with Crippen molar-refractivity contribution in [3.63, 3.8) is 0 Å². The van der Waals surface area contributed by atoms with Crippen molar-refractivity contribution in [3.05, 3.63) is 24.3 Å². The van der Waals surface area contributed by atoms with Gasteiger partial charge in [-0.05, 0) is 38.5 Å². The fourth-order valence-electron chi connectivity index (χ4n) is 5.77. The van der Waals surface area contributed by atoms with Crippen LogP contribution in [-0.4, -0.2) is 65.7 Å². The zero-order valence-electron chi connectivity index (χ0n) is 33.7. The van der Waals surface area contributed by atoms with Gasteiger partial charge in [-0.1, -0.05) is 167 Å². The molecule has 0 aliphatic heterocycles. The Hall–Kier alpha value is -1.55. The van der Waals surface area contributed by atoms with Gasteiger partial charge in [0.15, 0.2) is 6.10 Å². The van der Waals surface area contributed by atoms with E-state index in [2.05, 4.69) is 42.7 Å². The number of hydrogen-bond donors (Lipinski definition) is 3. The highest BCUT2D eigenvalue weighted by Gasteiger charge is 2.27. The first-order valence-electron chi connectivity index (χ1n) is 21.3. The predicted octanol–water partition coefficient (Wildman–Crippen LogP) is 11.0. The highest BCUT2D eigenvalue weighted by Crippen LogP contribution is 2.43. The van der Waals surface area contributed by atoms with E-state index in [0.717, 1.165) is 64.2 Å². The smallest absolute Gasteiger partial charge is 0.462 e. The van der Waals surface area contributed by atoms with Gasteiger partial charge in [0.05, 0.1) is 19.8 Å². The largest absolute Gasteiger partial charge is 0.472 e. The predicted molar refractivity (Wildman–Crippen MR) is 215 cm³/mol. The summed E-state index contributed by atoms with van der Waals surface area (Å²) in [6.45, 7) is 2.34.